The number of likely N-dealkylation sites (tertiary alicyclic amines) is 1. The zero-order valence-corrected chi connectivity index (χ0v) is 62.2. The number of esters is 1. The maximum Gasteiger partial charge on any atom is 0.373 e. The molecule has 2 atom stereocenters. The van der Waals surface area contributed by atoms with Gasteiger partial charge in [-0.15, -0.1) is 12.4 Å². The summed E-state index contributed by atoms with van der Waals surface area (Å²) < 4.78 is 4.96. The fourth-order valence-corrected chi connectivity index (χ4v) is 13.8. The fraction of sp³-hybridized carbons (Fsp3) is 0.325. The number of hydrogen-bond acceptors (Lipinski definition) is 16. The van der Waals surface area contributed by atoms with E-state index in [0.717, 1.165) is 108 Å². The largest absolute Gasteiger partial charge is 0.465 e. The van der Waals surface area contributed by atoms with Crippen LogP contribution < -0.4 is 5.32 Å². The van der Waals surface area contributed by atoms with Crippen LogP contribution in [0.25, 0.3) is 14.5 Å². The Labute approximate surface area is 637 Å². The number of benzene rings is 5. The molecular formula is C83H86Cl3N13O7. The van der Waals surface area contributed by atoms with Crippen molar-refractivity contribution in [3.05, 3.63) is 299 Å². The molecule has 1 saturated heterocycles. The monoisotopic (exact) mass is 1480 g/mol. The topological polar surface area (TPSA) is 215 Å². The van der Waals surface area contributed by atoms with Gasteiger partial charge in [-0.05, 0) is 106 Å². The molecule has 0 aliphatic carbocycles. The van der Waals surface area contributed by atoms with Crippen LogP contribution in [-0.4, -0.2) is 128 Å². The molecule has 6 aliphatic heterocycles. The number of Topliss-reactive ketones (excluding diaryl/α,β-unsaturated/α-hetero) is 1. The van der Waals surface area contributed by atoms with Crippen LogP contribution in [-0.2, 0) is 105 Å². The maximum atomic E-state index is 12.0. The van der Waals surface area contributed by atoms with E-state index < -0.39 is 17.9 Å². The summed E-state index contributed by atoms with van der Waals surface area (Å²) in [5.74, 6) is -1.82. The number of nitrogens with one attached hydrogen (secondary N) is 1. The molecule has 0 spiro atoms. The van der Waals surface area contributed by atoms with Gasteiger partial charge in [0.25, 0.3) is 5.91 Å². The van der Waals surface area contributed by atoms with Gasteiger partial charge >= 0.3 is 24.1 Å². The Balaban J connectivity index is 0.000000180. The first kappa shape index (κ1) is 82.9. The highest BCUT2D eigenvalue weighted by Crippen LogP contribution is 2.38. The minimum Gasteiger partial charge on any atom is -0.465 e. The number of nitrogens with zero attached hydrogens (tertiary/aromatic N) is 12. The summed E-state index contributed by atoms with van der Waals surface area (Å²) in [6, 6.07) is 52.7. The molecule has 2 amide bonds. The Bertz CT molecular complexity index is 4470. The van der Waals surface area contributed by atoms with Gasteiger partial charge in [0.15, 0.2) is 0 Å². The molecule has 20 nitrogen and oxygen atoms in total. The first-order chi connectivity index (χ1) is 51.1. The smallest absolute Gasteiger partial charge is 0.373 e. The van der Waals surface area contributed by atoms with E-state index in [1.54, 1.807) is 13.1 Å². The van der Waals surface area contributed by atoms with Crippen molar-refractivity contribution >= 4 is 76.7 Å². The van der Waals surface area contributed by atoms with Crippen molar-refractivity contribution in [2.24, 2.45) is 5.92 Å². The second kappa shape index (κ2) is 43.8. The van der Waals surface area contributed by atoms with E-state index in [2.05, 4.69) is 157 Å². The zero-order chi connectivity index (χ0) is 74.9. The van der Waals surface area contributed by atoms with Crippen LogP contribution in [0.15, 0.2) is 188 Å². The van der Waals surface area contributed by atoms with E-state index in [4.69, 9.17) is 62.5 Å². The highest BCUT2D eigenvalue weighted by Gasteiger charge is 2.41. The van der Waals surface area contributed by atoms with Crippen molar-refractivity contribution in [2.45, 2.75) is 118 Å². The maximum absolute atomic E-state index is 12.0. The molecule has 3 aromatic heterocycles. The predicted molar refractivity (Wildman–Crippen MR) is 409 cm³/mol. The van der Waals surface area contributed by atoms with E-state index >= 15 is 0 Å². The minimum atomic E-state index is -0.823. The summed E-state index contributed by atoms with van der Waals surface area (Å²) in [7, 11) is 0. The number of piperidine rings is 1. The number of pyridine rings is 3. The molecule has 1 fully saturated rings. The average molecular weight is 1480 g/mol. The van der Waals surface area contributed by atoms with Gasteiger partial charge < -0.3 is 4.74 Å². The van der Waals surface area contributed by atoms with Crippen LogP contribution in [0.5, 0.6) is 0 Å². The molecule has 0 saturated carbocycles. The molecule has 546 valence electrons. The quantitative estimate of drug-likeness (QED) is 0.0396. The lowest BCUT2D eigenvalue weighted by molar-refractivity contribution is -0.191. The number of amides is 2. The predicted octanol–water partition coefficient (Wildman–Crippen LogP) is 14.2. The molecule has 9 heterocycles. The van der Waals surface area contributed by atoms with Gasteiger partial charge in [0.2, 0.25) is 11.4 Å². The van der Waals surface area contributed by atoms with Gasteiger partial charge in [-0.25, -0.2) is 21.2 Å². The fourth-order valence-electron chi connectivity index (χ4n) is 13.2. The second-order valence-corrected chi connectivity index (χ2v) is 26.3. The van der Waals surface area contributed by atoms with Crippen LogP contribution in [0.2, 0.25) is 10.3 Å². The Kier molecular flexibility index (Phi) is 34.2. The van der Waals surface area contributed by atoms with Crippen LogP contribution in [0.4, 0.5) is 11.4 Å². The van der Waals surface area contributed by atoms with Gasteiger partial charge in [0, 0.05) is 147 Å². The first-order valence-corrected chi connectivity index (χ1v) is 35.7. The summed E-state index contributed by atoms with van der Waals surface area (Å²) in [5.41, 5.74) is 17.4. The van der Waals surface area contributed by atoms with Crippen LogP contribution >= 0.6 is 35.6 Å². The number of rotatable bonds is 12. The number of hydrogen-bond donors (Lipinski definition) is 1. The van der Waals surface area contributed by atoms with Crippen LogP contribution in [0, 0.1) is 43.9 Å². The molecule has 2 unspecified atom stereocenters. The van der Waals surface area contributed by atoms with E-state index in [9.17, 15) is 19.2 Å². The second-order valence-electron chi connectivity index (χ2n) is 25.6. The summed E-state index contributed by atoms with van der Waals surface area (Å²) in [5, 5.41) is 10.5. The van der Waals surface area contributed by atoms with Gasteiger partial charge in [-0.3, -0.25) is 63.8 Å². The zero-order valence-electron chi connectivity index (χ0n) is 59.8. The first-order valence-electron chi connectivity index (χ1n) is 34.9. The lowest BCUT2D eigenvalue weighted by atomic mass is 9.90. The lowest BCUT2D eigenvalue weighted by Gasteiger charge is -2.32. The molecule has 5 aromatic carbocycles. The third kappa shape index (κ3) is 24.6. The highest BCUT2D eigenvalue weighted by atomic mass is 35.5. The van der Waals surface area contributed by atoms with Crippen LogP contribution in [0.1, 0.15) is 99.9 Å². The molecule has 0 bridgehead atoms. The number of ether oxygens (including phenoxy) is 1. The van der Waals surface area contributed by atoms with Crippen molar-refractivity contribution in [3.63, 3.8) is 0 Å². The Morgan fingerprint density at radius 3 is 1.45 bits per heavy atom. The molecular weight excluding hydrogens is 1400 g/mol. The lowest BCUT2D eigenvalue weighted by Crippen LogP contribution is -2.49. The van der Waals surface area contributed by atoms with Crippen molar-refractivity contribution in [1.82, 2.24) is 44.8 Å². The summed E-state index contributed by atoms with van der Waals surface area (Å²) >= 11 is 12.2. The summed E-state index contributed by atoms with van der Waals surface area (Å²) in [4.78, 5) is 98.0. The molecule has 1 N–H and O–H groups in total. The molecule has 8 aromatic rings. The number of carbonyl (C=O) groups excluding carboxylic acids is 6. The number of imide groups is 1. The Morgan fingerprint density at radius 2 is 0.991 bits per heavy atom. The SMILES string of the molecule is CCC#N.CCOC(=O)C1CN(Cc2ccccc2)CCC1=O.Cc1cncc2c1CCN(Cc1ccccc1)C2.Cl.O=C=O.[C-]#[N+]C1C(=O)NC(=O)C2=C1CCN(Cc1ccccc1)C2.[C-]#[N+]c1c(Cl)nc(Cl)c2c1CCN(Cc1ccccc1)C2.[C-]#[N+]c1cncc2c1CCN(Cc1ccccc1)C2. The van der Waals surface area contributed by atoms with E-state index in [1.165, 1.54) is 55.6 Å². The normalized spacial score (nSPS) is 16.5. The van der Waals surface area contributed by atoms with Crippen molar-refractivity contribution in [3.8, 4) is 6.07 Å². The molecule has 23 heteroatoms. The molecule has 14 rings (SSSR count). The highest BCUT2D eigenvalue weighted by molar-refractivity contribution is 6.35. The number of carbonyl (C=O) groups is 4. The third-order valence-corrected chi connectivity index (χ3v) is 19.0. The van der Waals surface area contributed by atoms with Gasteiger partial charge in [-0.1, -0.05) is 182 Å². The number of halogens is 3. The van der Waals surface area contributed by atoms with Crippen LogP contribution in [0.3, 0.4) is 0 Å². The van der Waals surface area contributed by atoms with E-state index in [1.807, 2.05) is 92.2 Å². The van der Waals surface area contributed by atoms with Crippen molar-refractivity contribution < 1.29 is 33.5 Å². The van der Waals surface area contributed by atoms with E-state index in [-0.39, 0.29) is 41.4 Å². The van der Waals surface area contributed by atoms with Crippen molar-refractivity contribution in [1.29, 1.82) is 5.26 Å². The summed E-state index contributed by atoms with van der Waals surface area (Å²) in [6.07, 6.45) is 12.4. The number of aryl methyl sites for hydroxylation is 1. The number of aromatic nitrogens is 3. The number of fused-ring (bicyclic) bond motifs is 3. The van der Waals surface area contributed by atoms with E-state index in [0.29, 0.717) is 74.0 Å². The molecule has 106 heavy (non-hydrogen) atoms. The van der Waals surface area contributed by atoms with Gasteiger partial charge in [0.1, 0.15) is 22.0 Å². The average Bonchev–Trinajstić information content (AvgIpc) is 0.792. The Hall–Kier alpha value is -10.4. The molecule has 0 radical (unpaired) electrons. The minimum absolute atomic E-state index is 0. The van der Waals surface area contributed by atoms with Gasteiger partial charge in [-0.2, -0.15) is 14.9 Å². The standard InChI is InChI=1S/C16H13Cl2N3.C16H15N3O2.C16H15N3.C16H18N2.C15H19NO3.C3H5N.CO2.ClH/c1-19-14-12-7-8-21(9-11-5-3-2-4-6-11)10-13(12)15(17)20-16(14)18;1-17-14-12-7-8-19(9-11-5-3-2-4-6-11)10-13(12)15(20)18-16(14)21;1-17-16-10-18-9-14-12-19(8-7-15(14)16)11-13-5-3-2-4-6-13;1-13-9-17-10-15-12-18(8-7-16(13)15)11-14-5-3-2-4-6-14;1-2-19-15(18)13-11-16(9-8-14(13)17)10-12-6-4-3-5-7-12;1-2-3-4;2-1-3;/h2-6H,7-10H2;2-6,14H,7-10H2,(H,18,20,21);2-6,9-10H,7-8,11-12H2;2-6,9-10H,7-8,11-12H2,1H3;3-7,13H,2,8-11H2,1H3;2H2,1H3;;1H. The van der Waals surface area contributed by atoms with Crippen molar-refractivity contribution in [2.75, 3.05) is 52.4 Å². The van der Waals surface area contributed by atoms with Gasteiger partial charge in [0.05, 0.1) is 25.8 Å². The molecule has 6 aliphatic rings. The number of nitriles is 1. The number of ketones is 1. The Morgan fingerprint density at radius 1 is 0.566 bits per heavy atom. The summed E-state index contributed by atoms with van der Waals surface area (Å²) in [6.45, 7) is 40.2. The third-order valence-electron chi connectivity index (χ3n) is 18.4.